The Bertz CT molecular complexity index is 487. The zero-order valence-electron chi connectivity index (χ0n) is 24.5. The molecule has 0 bridgehead atoms. The van der Waals surface area contributed by atoms with E-state index in [4.69, 9.17) is 0 Å². The van der Waals surface area contributed by atoms with Crippen LogP contribution in [0.4, 0.5) is 0 Å². The summed E-state index contributed by atoms with van der Waals surface area (Å²) in [6.07, 6.45) is 44.2. The van der Waals surface area contributed by atoms with Crippen molar-refractivity contribution in [3.05, 3.63) is 0 Å². The van der Waals surface area contributed by atoms with Crippen LogP contribution in [-0.2, 0) is 17.1 Å². The van der Waals surface area contributed by atoms with Crippen LogP contribution in [0.25, 0.3) is 0 Å². The standard InChI is InChI=1S/2C17H31P.Fe/c2*1-3-9-15(10-4-1)18(17-13-7-8-14-17)16-11-5-2-6-12-16;/h2*15-17H,1-14H2;. The maximum atomic E-state index is 1.61. The first kappa shape index (κ1) is 31.3. The van der Waals surface area contributed by atoms with Crippen LogP contribution in [0, 0.1) is 0 Å². The van der Waals surface area contributed by atoms with Gasteiger partial charge in [0, 0.05) is 17.1 Å². The van der Waals surface area contributed by atoms with E-state index in [0.29, 0.717) is 15.8 Å². The van der Waals surface area contributed by atoms with Gasteiger partial charge in [0.1, 0.15) is 0 Å². The van der Waals surface area contributed by atoms with E-state index in [1.165, 1.54) is 59.6 Å². The molecule has 6 rings (SSSR count). The predicted octanol–water partition coefficient (Wildman–Crippen LogP) is 12.2. The summed E-state index contributed by atoms with van der Waals surface area (Å²) in [5.74, 6) is 0. The van der Waals surface area contributed by atoms with Crippen molar-refractivity contribution in [3.8, 4) is 0 Å². The second kappa shape index (κ2) is 17.4. The summed E-state index contributed by atoms with van der Waals surface area (Å²) in [5.41, 5.74) is 7.18. The van der Waals surface area contributed by atoms with Crippen LogP contribution >= 0.6 is 15.8 Å². The van der Waals surface area contributed by atoms with Gasteiger partial charge in [-0.05, 0) is 111 Å². The Balaban J connectivity index is 0.000000168. The van der Waals surface area contributed by atoms with Gasteiger partial charge in [0.05, 0.1) is 0 Å². The molecule has 6 fully saturated rings. The molecule has 0 aromatic heterocycles. The topological polar surface area (TPSA) is 0 Å². The number of hydrogen-bond donors (Lipinski definition) is 0. The van der Waals surface area contributed by atoms with Crippen molar-refractivity contribution >= 4 is 15.8 Å². The molecule has 0 aromatic carbocycles. The second-order valence-corrected chi connectivity index (χ2v) is 20.1. The van der Waals surface area contributed by atoms with Gasteiger partial charge in [-0.1, -0.05) is 119 Å². The van der Waals surface area contributed by atoms with Crippen molar-refractivity contribution in [1.29, 1.82) is 0 Å². The third-order valence-electron chi connectivity index (χ3n) is 11.5. The third-order valence-corrected chi connectivity index (χ3v) is 19.6. The summed E-state index contributed by atoms with van der Waals surface area (Å²) < 4.78 is 0. The van der Waals surface area contributed by atoms with E-state index < -0.39 is 0 Å². The molecule has 0 amide bonds. The Morgan fingerprint density at radius 2 is 0.351 bits per heavy atom. The van der Waals surface area contributed by atoms with Crippen LogP contribution in [0.3, 0.4) is 0 Å². The van der Waals surface area contributed by atoms with Crippen LogP contribution in [0.2, 0.25) is 0 Å². The molecule has 37 heavy (non-hydrogen) atoms. The first-order valence-corrected chi connectivity index (χ1v) is 20.5. The molecule has 0 heterocycles. The van der Waals surface area contributed by atoms with Crippen molar-refractivity contribution in [3.63, 3.8) is 0 Å². The summed E-state index contributed by atoms with van der Waals surface area (Å²) >= 11 is 0. The third kappa shape index (κ3) is 9.18. The first-order valence-electron chi connectivity index (χ1n) is 17.4. The fraction of sp³-hybridized carbons (Fsp3) is 1.00. The Morgan fingerprint density at radius 3 is 0.514 bits per heavy atom. The van der Waals surface area contributed by atoms with Gasteiger partial charge < -0.3 is 0 Å². The van der Waals surface area contributed by atoms with Crippen molar-refractivity contribution in [2.24, 2.45) is 0 Å². The minimum atomic E-state index is 0. The van der Waals surface area contributed by atoms with Gasteiger partial charge in [-0.2, -0.15) is 0 Å². The van der Waals surface area contributed by atoms with E-state index in [1.54, 1.807) is 154 Å². The quantitative estimate of drug-likeness (QED) is 0.214. The molecule has 0 aromatic rings. The van der Waals surface area contributed by atoms with Gasteiger partial charge >= 0.3 is 0 Å². The van der Waals surface area contributed by atoms with Gasteiger partial charge in [-0.15, -0.1) is 0 Å². The van der Waals surface area contributed by atoms with E-state index in [-0.39, 0.29) is 17.1 Å². The summed E-state index contributed by atoms with van der Waals surface area (Å²) in [7, 11) is 0.804. The fourth-order valence-corrected chi connectivity index (χ4v) is 19.1. The minimum Gasteiger partial charge on any atom is -0.0971 e. The molecule has 3 heteroatoms. The molecule has 6 saturated carbocycles. The zero-order chi connectivity index (χ0) is 24.4. The average Bonchev–Trinajstić information content (AvgIpc) is 3.68. The minimum absolute atomic E-state index is 0. The van der Waals surface area contributed by atoms with Gasteiger partial charge in [-0.25, -0.2) is 0 Å². The van der Waals surface area contributed by atoms with E-state index in [9.17, 15) is 0 Å². The molecule has 0 saturated heterocycles. The van der Waals surface area contributed by atoms with Crippen LogP contribution in [0.15, 0.2) is 0 Å². The normalized spacial score (nSPS) is 28.4. The maximum Gasteiger partial charge on any atom is 0 e. The number of hydrogen-bond acceptors (Lipinski definition) is 0. The van der Waals surface area contributed by atoms with Crippen molar-refractivity contribution in [1.82, 2.24) is 0 Å². The smallest absolute Gasteiger partial charge is 0 e. The largest absolute Gasteiger partial charge is 0.0971 e. The summed E-state index contributed by atoms with van der Waals surface area (Å²) in [6.45, 7) is 0. The molecular weight excluding hydrogens is 526 g/mol. The molecule has 0 unspecified atom stereocenters. The Kier molecular flexibility index (Phi) is 14.7. The Hall–Kier alpha value is 1.38. The monoisotopic (exact) mass is 588 g/mol. The molecule has 6 aliphatic rings. The van der Waals surface area contributed by atoms with Gasteiger partial charge in [-0.3, -0.25) is 0 Å². The average molecular weight is 589 g/mol. The fourth-order valence-electron chi connectivity index (χ4n) is 9.71. The second-order valence-electron chi connectivity index (χ2n) is 13.9. The predicted molar refractivity (Wildman–Crippen MR) is 166 cm³/mol. The number of rotatable bonds is 6. The van der Waals surface area contributed by atoms with Gasteiger partial charge in [0.25, 0.3) is 0 Å². The van der Waals surface area contributed by atoms with Crippen molar-refractivity contribution in [2.75, 3.05) is 0 Å². The molecule has 0 aliphatic heterocycles. The molecule has 0 nitrogen and oxygen atoms in total. The SMILES string of the molecule is C1CCC(P(C2CCCCC2)C2CCCC2)CC1.C1CCC(P(C2CCCCC2)C2CCCC2)CC1.[Fe]. The van der Waals surface area contributed by atoms with Crippen LogP contribution in [0.1, 0.15) is 180 Å². The zero-order valence-corrected chi connectivity index (χ0v) is 27.4. The first-order chi connectivity index (χ1) is 17.9. The van der Waals surface area contributed by atoms with E-state index in [0.717, 1.165) is 0 Å². The van der Waals surface area contributed by atoms with Gasteiger partial charge in [0.15, 0.2) is 0 Å². The molecule has 0 N–H and O–H groups in total. The van der Waals surface area contributed by atoms with E-state index >= 15 is 0 Å². The van der Waals surface area contributed by atoms with E-state index in [1.807, 2.05) is 0 Å². The van der Waals surface area contributed by atoms with Crippen molar-refractivity contribution in [2.45, 2.75) is 214 Å². The molecule has 216 valence electrons. The molecule has 6 aliphatic carbocycles. The summed E-state index contributed by atoms with van der Waals surface area (Å²) in [4.78, 5) is 0. The van der Waals surface area contributed by atoms with E-state index in [2.05, 4.69) is 0 Å². The molecule has 0 atom stereocenters. The molecular formula is C34H62FeP2. The molecule has 0 spiro atoms. The van der Waals surface area contributed by atoms with Crippen LogP contribution < -0.4 is 0 Å². The summed E-state index contributed by atoms with van der Waals surface area (Å²) in [6, 6.07) is 0. The maximum absolute atomic E-state index is 1.61. The van der Waals surface area contributed by atoms with Crippen LogP contribution in [0.5, 0.6) is 0 Å². The van der Waals surface area contributed by atoms with Crippen molar-refractivity contribution < 1.29 is 17.1 Å². The Morgan fingerprint density at radius 1 is 0.216 bits per heavy atom. The Labute approximate surface area is 245 Å². The molecule has 0 radical (unpaired) electrons. The van der Waals surface area contributed by atoms with Gasteiger partial charge in [0.2, 0.25) is 0 Å². The summed E-state index contributed by atoms with van der Waals surface area (Å²) in [5, 5.41) is 0. The van der Waals surface area contributed by atoms with Crippen LogP contribution in [-0.4, -0.2) is 34.0 Å².